The molecule has 0 radical (unpaired) electrons. The third-order valence-electron chi connectivity index (χ3n) is 5.31. The first-order chi connectivity index (χ1) is 10.2. The molecule has 1 heteroatoms. The van der Waals surface area contributed by atoms with Crippen LogP contribution >= 0.6 is 0 Å². The third kappa shape index (κ3) is 2.40. The molecule has 0 spiro atoms. The zero-order chi connectivity index (χ0) is 14.3. The maximum absolute atomic E-state index is 2.66. The Labute approximate surface area is 127 Å². The Bertz CT molecular complexity index is 608. The van der Waals surface area contributed by atoms with Gasteiger partial charge in [0.15, 0.2) is 0 Å². The van der Waals surface area contributed by atoms with Crippen LogP contribution in [-0.4, -0.2) is 18.0 Å². The van der Waals surface area contributed by atoms with Crippen molar-refractivity contribution in [2.75, 3.05) is 13.1 Å². The second-order valence-corrected chi connectivity index (χ2v) is 7.08. The predicted molar refractivity (Wildman–Crippen MR) is 87.3 cm³/mol. The molecule has 21 heavy (non-hydrogen) atoms. The number of aryl methyl sites for hydroxylation is 1. The maximum atomic E-state index is 2.66. The van der Waals surface area contributed by atoms with Gasteiger partial charge in [0, 0.05) is 25.0 Å². The first-order valence-corrected chi connectivity index (χ1v) is 8.07. The fourth-order valence-corrected chi connectivity index (χ4v) is 4.35. The summed E-state index contributed by atoms with van der Waals surface area (Å²) >= 11 is 0. The smallest absolute Gasteiger partial charge is 0.0234 e. The van der Waals surface area contributed by atoms with Crippen LogP contribution in [0.25, 0.3) is 0 Å². The lowest BCUT2D eigenvalue weighted by atomic mass is 9.56. The van der Waals surface area contributed by atoms with Gasteiger partial charge in [0.2, 0.25) is 0 Å². The zero-order valence-corrected chi connectivity index (χ0v) is 12.8. The summed E-state index contributed by atoms with van der Waals surface area (Å²) in [5.41, 5.74) is 4.79. The van der Waals surface area contributed by atoms with Crippen molar-refractivity contribution < 1.29 is 0 Å². The Hall–Kier alpha value is -1.60. The van der Waals surface area contributed by atoms with E-state index in [-0.39, 0.29) is 0 Å². The predicted octanol–water partition coefficient (Wildman–Crippen LogP) is 4.16. The quantitative estimate of drug-likeness (QED) is 0.814. The second-order valence-electron chi connectivity index (χ2n) is 7.08. The van der Waals surface area contributed by atoms with E-state index >= 15 is 0 Å². The molecule has 0 atom stereocenters. The molecule has 2 saturated heterocycles. The number of hydrogen-bond acceptors (Lipinski definition) is 1. The van der Waals surface area contributed by atoms with E-state index in [9.17, 15) is 0 Å². The monoisotopic (exact) mass is 277 g/mol. The molecule has 1 nitrogen and oxygen atoms in total. The van der Waals surface area contributed by atoms with Gasteiger partial charge in [-0.3, -0.25) is 4.90 Å². The molecule has 1 aliphatic carbocycles. The number of fused-ring (bicyclic) bond motifs is 2. The van der Waals surface area contributed by atoms with Gasteiger partial charge in [-0.05, 0) is 36.8 Å². The molecule has 0 unspecified atom stereocenters. The normalized spacial score (nSPS) is 28.1. The van der Waals surface area contributed by atoms with Crippen LogP contribution in [0.2, 0.25) is 0 Å². The Morgan fingerprint density at radius 2 is 1.71 bits per heavy atom. The van der Waals surface area contributed by atoms with Crippen LogP contribution in [0.1, 0.15) is 29.5 Å². The first kappa shape index (κ1) is 13.1. The molecule has 0 N–H and O–H groups in total. The van der Waals surface area contributed by atoms with Crippen LogP contribution in [-0.2, 0) is 12.0 Å². The number of piperidine rings is 2. The van der Waals surface area contributed by atoms with E-state index in [1.165, 1.54) is 37.1 Å². The Kier molecular flexibility index (Phi) is 3.11. The highest BCUT2D eigenvalue weighted by molar-refractivity contribution is 5.31. The van der Waals surface area contributed by atoms with E-state index in [4.69, 9.17) is 0 Å². The minimum absolute atomic E-state index is 0.439. The van der Waals surface area contributed by atoms with Crippen LogP contribution in [0, 0.1) is 12.8 Å². The van der Waals surface area contributed by atoms with Crippen molar-refractivity contribution in [3.05, 3.63) is 71.3 Å². The average Bonchev–Trinajstić information content (AvgIpc) is 2.50. The van der Waals surface area contributed by atoms with Gasteiger partial charge in [0.25, 0.3) is 0 Å². The van der Waals surface area contributed by atoms with Crippen molar-refractivity contribution >= 4 is 0 Å². The van der Waals surface area contributed by atoms with Gasteiger partial charge in [-0.1, -0.05) is 60.2 Å². The van der Waals surface area contributed by atoms with E-state index in [0.29, 0.717) is 5.41 Å². The van der Waals surface area contributed by atoms with Gasteiger partial charge in [0.1, 0.15) is 0 Å². The van der Waals surface area contributed by atoms with Gasteiger partial charge in [-0.15, -0.1) is 0 Å². The van der Waals surface area contributed by atoms with Crippen LogP contribution in [0.3, 0.4) is 0 Å². The summed E-state index contributed by atoms with van der Waals surface area (Å²) in [6, 6.07) is 20.2. The Morgan fingerprint density at radius 3 is 2.43 bits per heavy atom. The summed E-state index contributed by atoms with van der Waals surface area (Å²) in [7, 11) is 0. The standard InChI is InChI=1S/C20H23N/c1-16-7-9-17(10-8-16)13-21-14-18-11-20(12-18,15-21)19-5-3-2-4-6-19/h2-10,18H,11-15H2,1H3. The Balaban J connectivity index is 1.51. The van der Waals surface area contributed by atoms with Crippen LogP contribution in [0.5, 0.6) is 0 Å². The van der Waals surface area contributed by atoms with Gasteiger partial charge >= 0.3 is 0 Å². The van der Waals surface area contributed by atoms with E-state index in [1.54, 1.807) is 5.56 Å². The molecule has 2 aromatic carbocycles. The van der Waals surface area contributed by atoms with Gasteiger partial charge in [-0.2, -0.15) is 0 Å². The molecule has 0 aromatic heterocycles. The van der Waals surface area contributed by atoms with Crippen LogP contribution in [0.15, 0.2) is 54.6 Å². The fraction of sp³-hybridized carbons (Fsp3) is 0.400. The van der Waals surface area contributed by atoms with Crippen LogP contribution < -0.4 is 0 Å². The summed E-state index contributed by atoms with van der Waals surface area (Å²) in [6.45, 7) is 5.76. The van der Waals surface area contributed by atoms with Crippen molar-refractivity contribution in [2.45, 2.75) is 31.7 Å². The van der Waals surface area contributed by atoms with Crippen molar-refractivity contribution in [2.24, 2.45) is 5.92 Å². The Morgan fingerprint density at radius 1 is 1.00 bits per heavy atom. The lowest BCUT2D eigenvalue weighted by Crippen LogP contribution is -2.58. The van der Waals surface area contributed by atoms with Crippen molar-refractivity contribution in [1.82, 2.24) is 4.90 Å². The van der Waals surface area contributed by atoms with Gasteiger partial charge in [-0.25, -0.2) is 0 Å². The van der Waals surface area contributed by atoms with Gasteiger partial charge < -0.3 is 0 Å². The van der Waals surface area contributed by atoms with Crippen molar-refractivity contribution in [1.29, 1.82) is 0 Å². The lowest BCUT2D eigenvalue weighted by Gasteiger charge is -2.57. The molecule has 2 aromatic rings. The SMILES string of the molecule is Cc1ccc(CN2CC3CC(c4ccccc4)(C3)C2)cc1. The molecule has 2 aliphatic heterocycles. The third-order valence-corrected chi connectivity index (χ3v) is 5.31. The van der Waals surface area contributed by atoms with Crippen LogP contribution in [0.4, 0.5) is 0 Å². The number of benzene rings is 2. The molecule has 2 bridgehead atoms. The largest absolute Gasteiger partial charge is 0.298 e. The minimum Gasteiger partial charge on any atom is -0.298 e. The maximum Gasteiger partial charge on any atom is 0.0234 e. The summed E-state index contributed by atoms with van der Waals surface area (Å²) in [4.78, 5) is 2.66. The highest BCUT2D eigenvalue weighted by Crippen LogP contribution is 2.52. The topological polar surface area (TPSA) is 3.24 Å². The molecule has 3 aliphatic rings. The number of hydrogen-bond donors (Lipinski definition) is 0. The van der Waals surface area contributed by atoms with Gasteiger partial charge in [0.05, 0.1) is 0 Å². The zero-order valence-electron chi connectivity index (χ0n) is 12.8. The molecule has 5 rings (SSSR count). The molecule has 2 heterocycles. The number of nitrogens with zero attached hydrogens (tertiary/aromatic N) is 1. The fourth-order valence-electron chi connectivity index (χ4n) is 4.35. The van der Waals surface area contributed by atoms with E-state index in [1.807, 2.05) is 0 Å². The highest BCUT2D eigenvalue weighted by atomic mass is 15.2. The second kappa shape index (κ2) is 4.99. The molecule has 0 amide bonds. The summed E-state index contributed by atoms with van der Waals surface area (Å²) in [5, 5.41) is 0. The van der Waals surface area contributed by atoms with E-state index in [2.05, 4.69) is 66.4 Å². The van der Waals surface area contributed by atoms with Crippen molar-refractivity contribution in [3.8, 4) is 0 Å². The molecular weight excluding hydrogens is 254 g/mol. The first-order valence-electron chi connectivity index (χ1n) is 8.07. The molecular formula is C20H23N. The molecule has 3 fully saturated rings. The molecule has 1 saturated carbocycles. The minimum atomic E-state index is 0.439. The van der Waals surface area contributed by atoms with E-state index in [0.717, 1.165) is 12.5 Å². The highest BCUT2D eigenvalue weighted by Gasteiger charge is 2.50. The number of rotatable bonds is 3. The summed E-state index contributed by atoms with van der Waals surface area (Å²) in [6.07, 6.45) is 2.78. The van der Waals surface area contributed by atoms with E-state index < -0.39 is 0 Å². The molecule has 108 valence electrons. The van der Waals surface area contributed by atoms with Crippen molar-refractivity contribution in [3.63, 3.8) is 0 Å². The average molecular weight is 277 g/mol. The summed E-state index contributed by atoms with van der Waals surface area (Å²) in [5.74, 6) is 0.907. The summed E-state index contributed by atoms with van der Waals surface area (Å²) < 4.78 is 0. The lowest BCUT2D eigenvalue weighted by molar-refractivity contribution is -0.00801.